The summed E-state index contributed by atoms with van der Waals surface area (Å²) in [6.45, 7) is 1.97. The molecule has 176 valence electrons. The van der Waals surface area contributed by atoms with Crippen LogP contribution in [-0.2, 0) is 11.3 Å². The van der Waals surface area contributed by atoms with E-state index in [4.69, 9.17) is 0 Å². The molecule has 0 saturated carbocycles. The number of ketones is 1. The quantitative estimate of drug-likeness (QED) is 0.331. The first-order chi connectivity index (χ1) is 15.7. The smallest absolute Gasteiger partial charge is 0.323 e. The molecule has 3 rings (SSSR count). The molecule has 11 heteroatoms. The molecule has 1 amide bonds. The van der Waals surface area contributed by atoms with Crippen molar-refractivity contribution in [3.63, 3.8) is 0 Å². The van der Waals surface area contributed by atoms with E-state index in [1.807, 2.05) is 0 Å². The highest BCUT2D eigenvalue weighted by Crippen LogP contribution is 2.38. The topological polar surface area (TPSA) is 96.9 Å². The van der Waals surface area contributed by atoms with E-state index in [0.717, 1.165) is 0 Å². The molecule has 33 heavy (non-hydrogen) atoms. The number of pyridine rings is 1. The van der Waals surface area contributed by atoms with E-state index in [1.54, 1.807) is 25.3 Å². The molecule has 0 atom stereocenters. The number of hydrogen-bond donors (Lipinski definition) is 2. The summed E-state index contributed by atoms with van der Waals surface area (Å²) in [4.78, 5) is 36.8. The molecule has 0 unspecified atom stereocenters. The number of thioether (sulfide) groups is 1. The molecule has 0 aliphatic heterocycles. The standard InChI is InChI=1S/C22H20F3N5O2S.2H2/c1-2-19(31)21-18(30-20(32)12-27-11-16-6-7-26-13-29-16)9-15(10-28-21)14-4-3-5-17(8-14)33-22(23,24)25;;/h3-10,13,27H,2,11-12H2,1H3,(H,30,32);2*1H. The minimum absolute atomic E-state index is 0. The number of nitrogens with zero attached hydrogens (tertiary/aromatic N) is 3. The lowest BCUT2D eigenvalue weighted by atomic mass is 10.0. The Morgan fingerprint density at radius 2 is 1.94 bits per heavy atom. The van der Waals surface area contributed by atoms with Crippen LogP contribution < -0.4 is 10.6 Å². The number of carbonyl (C=O) groups is 2. The minimum Gasteiger partial charge on any atom is -0.323 e. The van der Waals surface area contributed by atoms with E-state index in [0.29, 0.717) is 23.4 Å². The first-order valence-electron chi connectivity index (χ1n) is 9.90. The van der Waals surface area contributed by atoms with Crippen molar-refractivity contribution in [1.29, 1.82) is 0 Å². The van der Waals surface area contributed by atoms with Crippen LogP contribution in [-0.4, -0.2) is 38.7 Å². The summed E-state index contributed by atoms with van der Waals surface area (Å²) < 4.78 is 38.2. The zero-order valence-electron chi connectivity index (χ0n) is 17.5. The third kappa shape index (κ3) is 7.36. The van der Waals surface area contributed by atoms with Crippen LogP contribution in [0.3, 0.4) is 0 Å². The number of alkyl halides is 3. The fourth-order valence-corrected chi connectivity index (χ4v) is 3.50. The Labute approximate surface area is 195 Å². The second kappa shape index (κ2) is 11.0. The van der Waals surface area contributed by atoms with Crippen LogP contribution in [0, 0.1) is 0 Å². The molecule has 1 aromatic carbocycles. The Balaban J connectivity index is 0.00000306. The van der Waals surface area contributed by atoms with Gasteiger partial charge in [-0.1, -0.05) is 19.1 Å². The van der Waals surface area contributed by atoms with Crippen molar-refractivity contribution in [2.45, 2.75) is 30.3 Å². The lowest BCUT2D eigenvalue weighted by Gasteiger charge is -2.13. The molecular formula is C22H24F3N5O2S. The van der Waals surface area contributed by atoms with Gasteiger partial charge in [0.25, 0.3) is 0 Å². The van der Waals surface area contributed by atoms with E-state index in [9.17, 15) is 22.8 Å². The monoisotopic (exact) mass is 479 g/mol. The second-order valence-corrected chi connectivity index (χ2v) is 7.96. The SMILES string of the molecule is CCC(=O)c1ncc(-c2cccc(SC(F)(F)F)c2)cc1NC(=O)CNCc1ccncn1.[HH].[HH]. The van der Waals surface area contributed by atoms with Gasteiger partial charge in [-0.2, -0.15) is 13.2 Å². The predicted octanol–water partition coefficient (Wildman–Crippen LogP) is 4.96. The third-order valence-electron chi connectivity index (χ3n) is 4.38. The number of Topliss-reactive ketones (excluding diaryl/α,β-unsaturated/α-hetero) is 1. The normalized spacial score (nSPS) is 11.3. The first-order valence-corrected chi connectivity index (χ1v) is 10.7. The summed E-state index contributed by atoms with van der Waals surface area (Å²) in [5, 5.41) is 5.62. The number of aromatic nitrogens is 3. The maximum Gasteiger partial charge on any atom is 0.446 e. The molecular weight excluding hydrogens is 455 g/mol. The third-order valence-corrected chi connectivity index (χ3v) is 5.10. The van der Waals surface area contributed by atoms with Gasteiger partial charge in [-0.15, -0.1) is 0 Å². The molecule has 2 N–H and O–H groups in total. The predicted molar refractivity (Wildman–Crippen MR) is 123 cm³/mol. The van der Waals surface area contributed by atoms with Crippen molar-refractivity contribution < 1.29 is 25.6 Å². The van der Waals surface area contributed by atoms with Crippen molar-refractivity contribution in [3.05, 3.63) is 66.5 Å². The Bertz CT molecular complexity index is 1140. The molecule has 7 nitrogen and oxygen atoms in total. The molecule has 0 bridgehead atoms. The average molecular weight is 480 g/mol. The zero-order chi connectivity index (χ0) is 23.8. The summed E-state index contributed by atoms with van der Waals surface area (Å²) in [6.07, 6.45) is 4.58. The van der Waals surface area contributed by atoms with E-state index in [-0.39, 0.29) is 49.6 Å². The van der Waals surface area contributed by atoms with Crippen LogP contribution in [0.2, 0.25) is 0 Å². The molecule has 0 fully saturated rings. The fraction of sp³-hybridized carbons (Fsp3) is 0.227. The number of anilines is 1. The number of amides is 1. The number of hydrogen-bond acceptors (Lipinski definition) is 7. The Morgan fingerprint density at radius 1 is 1.12 bits per heavy atom. The molecule has 2 heterocycles. The van der Waals surface area contributed by atoms with E-state index in [2.05, 4.69) is 25.6 Å². The minimum atomic E-state index is -4.41. The molecule has 0 saturated heterocycles. The van der Waals surface area contributed by atoms with Gasteiger partial charge in [-0.05, 0) is 41.6 Å². The number of nitrogens with one attached hydrogen (secondary N) is 2. The van der Waals surface area contributed by atoms with E-state index in [1.165, 1.54) is 36.8 Å². The summed E-state index contributed by atoms with van der Waals surface area (Å²) in [5.41, 5.74) is -2.47. The van der Waals surface area contributed by atoms with Gasteiger partial charge >= 0.3 is 5.51 Å². The number of carbonyl (C=O) groups excluding carboxylic acids is 2. The summed E-state index contributed by atoms with van der Waals surface area (Å²) in [7, 11) is 0. The van der Waals surface area contributed by atoms with Crippen molar-refractivity contribution in [3.8, 4) is 11.1 Å². The van der Waals surface area contributed by atoms with Gasteiger partial charge in [0, 0.05) is 38.7 Å². The Hall–Kier alpha value is -3.31. The average Bonchev–Trinajstić information content (AvgIpc) is 2.78. The van der Waals surface area contributed by atoms with Crippen LogP contribution in [0.25, 0.3) is 11.1 Å². The summed E-state index contributed by atoms with van der Waals surface area (Å²) in [6, 6.07) is 9.12. The van der Waals surface area contributed by atoms with Gasteiger partial charge in [-0.25, -0.2) is 9.97 Å². The zero-order valence-corrected chi connectivity index (χ0v) is 18.3. The lowest BCUT2D eigenvalue weighted by Crippen LogP contribution is -2.28. The van der Waals surface area contributed by atoms with Crippen molar-refractivity contribution in [2.75, 3.05) is 11.9 Å². The lowest BCUT2D eigenvalue weighted by molar-refractivity contribution is -0.115. The van der Waals surface area contributed by atoms with Gasteiger partial charge in [0.2, 0.25) is 5.91 Å². The maximum atomic E-state index is 12.7. The van der Waals surface area contributed by atoms with Gasteiger partial charge in [-0.3, -0.25) is 14.6 Å². The van der Waals surface area contributed by atoms with Crippen molar-refractivity contribution in [1.82, 2.24) is 20.3 Å². The number of benzene rings is 1. The fourth-order valence-electron chi connectivity index (χ4n) is 2.90. The van der Waals surface area contributed by atoms with E-state index < -0.39 is 11.4 Å². The van der Waals surface area contributed by atoms with Crippen molar-refractivity contribution in [2.24, 2.45) is 0 Å². The van der Waals surface area contributed by atoms with Crippen molar-refractivity contribution >= 4 is 29.1 Å². The van der Waals surface area contributed by atoms with Gasteiger partial charge in [0.1, 0.15) is 12.0 Å². The van der Waals surface area contributed by atoms with E-state index >= 15 is 0 Å². The Kier molecular flexibility index (Phi) is 8.12. The second-order valence-electron chi connectivity index (χ2n) is 6.82. The summed E-state index contributed by atoms with van der Waals surface area (Å²) >= 11 is -0.218. The van der Waals surface area contributed by atoms with Crippen LogP contribution in [0.15, 0.2) is 60.0 Å². The van der Waals surface area contributed by atoms with Crippen LogP contribution in [0.5, 0.6) is 0 Å². The molecule has 2 aromatic heterocycles. The molecule has 0 radical (unpaired) electrons. The van der Waals surface area contributed by atoms with Gasteiger partial charge < -0.3 is 10.6 Å². The number of rotatable bonds is 9. The van der Waals surface area contributed by atoms with Crippen LogP contribution in [0.1, 0.15) is 32.4 Å². The largest absolute Gasteiger partial charge is 0.446 e. The highest BCUT2D eigenvalue weighted by atomic mass is 32.2. The summed E-state index contributed by atoms with van der Waals surface area (Å²) in [5.74, 6) is -0.679. The van der Waals surface area contributed by atoms with Crippen LogP contribution >= 0.6 is 11.8 Å². The molecule has 0 spiro atoms. The highest BCUT2D eigenvalue weighted by Gasteiger charge is 2.29. The number of halogens is 3. The Morgan fingerprint density at radius 3 is 2.64 bits per heavy atom. The molecule has 0 aliphatic rings. The molecule has 0 aliphatic carbocycles. The van der Waals surface area contributed by atoms with Gasteiger partial charge in [0.05, 0.1) is 17.9 Å². The van der Waals surface area contributed by atoms with Crippen LogP contribution in [0.4, 0.5) is 18.9 Å². The maximum absolute atomic E-state index is 12.7. The molecule has 3 aromatic rings. The highest BCUT2D eigenvalue weighted by molar-refractivity contribution is 8.00. The first kappa shape index (κ1) is 24.3. The van der Waals surface area contributed by atoms with Gasteiger partial charge in [0.15, 0.2) is 5.78 Å².